The van der Waals surface area contributed by atoms with Crippen molar-refractivity contribution in [2.45, 2.75) is 44.0 Å². The fourth-order valence-electron chi connectivity index (χ4n) is 2.91. The van der Waals surface area contributed by atoms with E-state index >= 15 is 0 Å². The monoisotopic (exact) mass is 300 g/mol. The second kappa shape index (κ2) is 5.63. The third-order valence-corrected chi connectivity index (χ3v) is 5.37. The number of carbonyl (C=O) groups excluding carboxylic acids is 2. The first-order valence-corrected chi connectivity index (χ1v) is 7.84. The first-order chi connectivity index (χ1) is 9.39. The predicted molar refractivity (Wildman–Crippen MR) is 75.2 cm³/mol. The zero-order valence-electron chi connectivity index (χ0n) is 11.8. The van der Waals surface area contributed by atoms with Crippen LogP contribution in [0.5, 0.6) is 0 Å². The minimum absolute atomic E-state index is 0.00243. The van der Waals surface area contributed by atoms with E-state index in [-0.39, 0.29) is 23.2 Å². The van der Waals surface area contributed by atoms with Crippen LogP contribution in [0.15, 0.2) is 0 Å². The maximum atomic E-state index is 12.6. The van der Waals surface area contributed by atoms with Gasteiger partial charge >= 0.3 is 5.97 Å². The molecule has 2 aliphatic rings. The van der Waals surface area contributed by atoms with Gasteiger partial charge in [0.25, 0.3) is 0 Å². The van der Waals surface area contributed by atoms with Gasteiger partial charge in [0.2, 0.25) is 11.8 Å². The van der Waals surface area contributed by atoms with Gasteiger partial charge in [0.05, 0.1) is 4.87 Å². The van der Waals surface area contributed by atoms with Crippen molar-refractivity contribution in [1.82, 2.24) is 9.80 Å². The number of carbonyl (C=O) groups is 3. The van der Waals surface area contributed by atoms with Crippen LogP contribution in [0.3, 0.4) is 0 Å². The number of carboxylic acids is 1. The molecule has 0 spiro atoms. The highest BCUT2D eigenvalue weighted by Crippen LogP contribution is 2.47. The van der Waals surface area contributed by atoms with Crippen molar-refractivity contribution in [3.8, 4) is 0 Å². The molecule has 0 bridgehead atoms. The first kappa shape index (κ1) is 15.2. The summed E-state index contributed by atoms with van der Waals surface area (Å²) in [7, 11) is 0. The molecular weight excluding hydrogens is 280 g/mol. The van der Waals surface area contributed by atoms with E-state index in [0.717, 1.165) is 6.42 Å². The maximum absolute atomic E-state index is 12.6. The summed E-state index contributed by atoms with van der Waals surface area (Å²) in [4.78, 5) is 38.2. The Kier molecular flexibility index (Phi) is 4.27. The van der Waals surface area contributed by atoms with Crippen LogP contribution in [0.1, 0.15) is 33.1 Å². The summed E-state index contributed by atoms with van der Waals surface area (Å²) in [6.07, 6.45) is 1.93. The smallest absolute Gasteiger partial charge is 0.323 e. The summed E-state index contributed by atoms with van der Waals surface area (Å²) in [5, 5.41) is 8.91. The SMILES string of the molecule is CCCN(CC(=O)O)C(=O)C1CSC2(C)CCC(=O)N12. The van der Waals surface area contributed by atoms with Crippen LogP contribution in [0.2, 0.25) is 0 Å². The number of rotatable bonds is 5. The Bertz CT molecular complexity index is 442. The van der Waals surface area contributed by atoms with Crippen LogP contribution < -0.4 is 0 Å². The minimum atomic E-state index is -1.02. The van der Waals surface area contributed by atoms with Crippen molar-refractivity contribution in [2.24, 2.45) is 0 Å². The lowest BCUT2D eigenvalue weighted by atomic mass is 10.2. The van der Waals surface area contributed by atoms with E-state index in [2.05, 4.69) is 0 Å². The van der Waals surface area contributed by atoms with Crippen molar-refractivity contribution in [3.63, 3.8) is 0 Å². The lowest BCUT2D eigenvalue weighted by Gasteiger charge is -2.32. The van der Waals surface area contributed by atoms with Crippen LogP contribution in [-0.2, 0) is 14.4 Å². The van der Waals surface area contributed by atoms with E-state index in [9.17, 15) is 14.4 Å². The number of aliphatic carboxylic acids is 1. The molecule has 1 N–H and O–H groups in total. The molecule has 0 saturated carbocycles. The summed E-state index contributed by atoms with van der Waals surface area (Å²) >= 11 is 1.62. The molecule has 2 amide bonds. The van der Waals surface area contributed by atoms with Crippen LogP contribution in [0.25, 0.3) is 0 Å². The second-order valence-corrected chi connectivity index (χ2v) is 6.92. The summed E-state index contributed by atoms with van der Waals surface area (Å²) in [6.45, 7) is 3.99. The van der Waals surface area contributed by atoms with E-state index in [1.54, 1.807) is 16.7 Å². The molecule has 112 valence electrons. The van der Waals surface area contributed by atoms with Gasteiger partial charge in [0.1, 0.15) is 12.6 Å². The third kappa shape index (κ3) is 2.63. The quantitative estimate of drug-likeness (QED) is 0.811. The molecule has 2 rings (SSSR count). The average molecular weight is 300 g/mol. The van der Waals surface area contributed by atoms with Crippen LogP contribution in [0, 0.1) is 0 Å². The number of amides is 2. The number of nitrogens with zero attached hydrogens (tertiary/aromatic N) is 2. The van der Waals surface area contributed by atoms with Crippen molar-refractivity contribution in [2.75, 3.05) is 18.8 Å². The summed E-state index contributed by atoms with van der Waals surface area (Å²) < 4.78 is 0. The molecule has 2 unspecified atom stereocenters. The molecule has 2 fully saturated rings. The summed E-state index contributed by atoms with van der Waals surface area (Å²) in [5.41, 5.74) is 0. The molecule has 0 aromatic carbocycles. The Morgan fingerprint density at radius 2 is 2.25 bits per heavy atom. The molecule has 2 saturated heterocycles. The zero-order valence-corrected chi connectivity index (χ0v) is 12.6. The molecule has 0 radical (unpaired) electrons. The maximum Gasteiger partial charge on any atom is 0.323 e. The van der Waals surface area contributed by atoms with Gasteiger partial charge < -0.3 is 14.9 Å². The van der Waals surface area contributed by atoms with Crippen molar-refractivity contribution in [3.05, 3.63) is 0 Å². The number of hydrogen-bond donors (Lipinski definition) is 1. The van der Waals surface area contributed by atoms with E-state index in [0.29, 0.717) is 25.1 Å². The molecular formula is C13H20N2O4S. The van der Waals surface area contributed by atoms with Gasteiger partial charge in [-0.05, 0) is 19.8 Å². The van der Waals surface area contributed by atoms with Gasteiger partial charge in [-0.3, -0.25) is 14.4 Å². The van der Waals surface area contributed by atoms with Gasteiger partial charge in [-0.1, -0.05) is 6.92 Å². The summed E-state index contributed by atoms with van der Waals surface area (Å²) in [6, 6.07) is -0.508. The molecule has 0 aromatic heterocycles. The topological polar surface area (TPSA) is 77.9 Å². The Balaban J connectivity index is 2.15. The van der Waals surface area contributed by atoms with Crippen molar-refractivity contribution >= 4 is 29.5 Å². The third-order valence-electron chi connectivity index (χ3n) is 3.86. The molecule has 7 heteroatoms. The van der Waals surface area contributed by atoms with Gasteiger partial charge in [-0.15, -0.1) is 11.8 Å². The lowest BCUT2D eigenvalue weighted by molar-refractivity contribution is -0.149. The minimum Gasteiger partial charge on any atom is -0.480 e. The number of hydrogen-bond acceptors (Lipinski definition) is 4. The van der Waals surface area contributed by atoms with E-state index < -0.39 is 12.0 Å². The van der Waals surface area contributed by atoms with Crippen LogP contribution in [0.4, 0.5) is 0 Å². The predicted octanol–water partition coefficient (Wildman–Crippen LogP) is 0.764. The highest BCUT2D eigenvalue weighted by molar-refractivity contribution is 8.01. The highest BCUT2D eigenvalue weighted by atomic mass is 32.2. The standard InChI is InChI=1S/C13H20N2O4S/c1-3-6-14(7-11(17)18)12(19)9-8-20-13(2)5-4-10(16)15(9)13/h9H,3-8H2,1-2H3,(H,17,18). The van der Waals surface area contributed by atoms with Crippen molar-refractivity contribution < 1.29 is 19.5 Å². The zero-order chi connectivity index (χ0) is 14.9. The largest absolute Gasteiger partial charge is 0.480 e. The molecule has 2 atom stereocenters. The Hall–Kier alpha value is -1.24. The molecule has 0 aliphatic carbocycles. The number of carboxylic acid groups (broad SMARTS) is 1. The number of thioether (sulfide) groups is 1. The first-order valence-electron chi connectivity index (χ1n) is 6.85. The van der Waals surface area contributed by atoms with Gasteiger partial charge in [0, 0.05) is 18.7 Å². The number of fused-ring (bicyclic) bond motifs is 1. The Labute approximate surface area is 122 Å². The molecule has 0 aromatic rings. The van der Waals surface area contributed by atoms with E-state index in [1.165, 1.54) is 4.90 Å². The van der Waals surface area contributed by atoms with Gasteiger partial charge in [-0.25, -0.2) is 0 Å². The highest BCUT2D eigenvalue weighted by Gasteiger charge is 2.53. The average Bonchev–Trinajstić information content (AvgIpc) is 2.85. The van der Waals surface area contributed by atoms with Gasteiger partial charge in [-0.2, -0.15) is 0 Å². The van der Waals surface area contributed by atoms with E-state index in [4.69, 9.17) is 5.11 Å². The lowest BCUT2D eigenvalue weighted by Crippen LogP contribution is -2.52. The van der Waals surface area contributed by atoms with Crippen molar-refractivity contribution in [1.29, 1.82) is 0 Å². The Morgan fingerprint density at radius 3 is 2.85 bits per heavy atom. The van der Waals surface area contributed by atoms with E-state index in [1.807, 2.05) is 13.8 Å². The van der Waals surface area contributed by atoms with Crippen LogP contribution >= 0.6 is 11.8 Å². The summed E-state index contributed by atoms with van der Waals surface area (Å²) in [5.74, 6) is -0.697. The second-order valence-electron chi connectivity index (χ2n) is 5.42. The molecule has 2 aliphatic heterocycles. The van der Waals surface area contributed by atoms with Crippen LogP contribution in [-0.4, -0.2) is 62.4 Å². The Morgan fingerprint density at radius 1 is 1.55 bits per heavy atom. The van der Waals surface area contributed by atoms with Gasteiger partial charge in [0.15, 0.2) is 0 Å². The molecule has 20 heavy (non-hydrogen) atoms. The molecule has 2 heterocycles. The fraction of sp³-hybridized carbons (Fsp3) is 0.769. The normalized spacial score (nSPS) is 28.6. The fourth-order valence-corrected chi connectivity index (χ4v) is 4.34. The molecule has 6 nitrogen and oxygen atoms in total.